The summed E-state index contributed by atoms with van der Waals surface area (Å²) in [5.74, 6) is -0.983. The number of amides is 3. The summed E-state index contributed by atoms with van der Waals surface area (Å²) in [5, 5.41) is 0. The maximum atomic E-state index is 13.1. The maximum Gasteiger partial charge on any atom is 0.250 e. The number of carbonyl (C=O) groups excluding carboxylic acids is 3. The summed E-state index contributed by atoms with van der Waals surface area (Å²) in [7, 11) is 1.65. The fourth-order valence-electron chi connectivity index (χ4n) is 3.87. The molecule has 2 aliphatic heterocycles. The van der Waals surface area contributed by atoms with Crippen molar-refractivity contribution in [1.29, 1.82) is 0 Å². The lowest BCUT2D eigenvalue weighted by Crippen LogP contribution is -2.45. The van der Waals surface area contributed by atoms with E-state index in [-0.39, 0.29) is 18.2 Å². The van der Waals surface area contributed by atoms with Crippen LogP contribution in [0.2, 0.25) is 0 Å². The highest BCUT2D eigenvalue weighted by Crippen LogP contribution is 2.47. The molecule has 3 amide bonds. The van der Waals surface area contributed by atoms with Gasteiger partial charge in [-0.3, -0.25) is 19.3 Å². The number of hydrogen-bond acceptors (Lipinski definition) is 3. The van der Waals surface area contributed by atoms with Crippen LogP contribution in [0.15, 0.2) is 54.6 Å². The van der Waals surface area contributed by atoms with Crippen LogP contribution < -0.4 is 4.90 Å². The van der Waals surface area contributed by atoms with Crippen molar-refractivity contribution in [2.45, 2.75) is 18.3 Å². The molecule has 0 aliphatic carbocycles. The summed E-state index contributed by atoms with van der Waals surface area (Å²) in [5.41, 5.74) is 1.03. The zero-order chi connectivity index (χ0) is 17.6. The van der Waals surface area contributed by atoms with Gasteiger partial charge in [-0.1, -0.05) is 48.5 Å². The Balaban J connectivity index is 1.66. The fourth-order valence-corrected chi connectivity index (χ4v) is 3.87. The van der Waals surface area contributed by atoms with Gasteiger partial charge in [0.1, 0.15) is 0 Å². The Labute approximate surface area is 145 Å². The van der Waals surface area contributed by atoms with Gasteiger partial charge < -0.3 is 4.90 Å². The zero-order valence-corrected chi connectivity index (χ0v) is 13.9. The van der Waals surface area contributed by atoms with Crippen LogP contribution in [0.25, 0.3) is 0 Å². The van der Waals surface area contributed by atoms with E-state index in [1.165, 1.54) is 9.80 Å². The molecular formula is C20H18N2O3. The molecule has 4 rings (SSSR count). The zero-order valence-electron chi connectivity index (χ0n) is 13.9. The summed E-state index contributed by atoms with van der Waals surface area (Å²) >= 11 is 0. The van der Waals surface area contributed by atoms with Gasteiger partial charge in [0, 0.05) is 24.8 Å². The Morgan fingerprint density at radius 1 is 0.920 bits per heavy atom. The van der Waals surface area contributed by atoms with E-state index in [2.05, 4.69) is 0 Å². The van der Waals surface area contributed by atoms with Gasteiger partial charge in [-0.05, 0) is 18.1 Å². The number of hydrogen-bond donors (Lipinski definition) is 0. The lowest BCUT2D eigenvalue weighted by Gasteiger charge is -2.21. The standard InChI is InChI=1S/C20H18N2O3/c1-21-16-10-6-5-9-15(16)20(18(21)24)13-17(23)22(19(20)25)12-11-14-7-3-2-4-8-14/h2-10H,11-13H2,1H3. The number of anilines is 1. The number of likely N-dealkylation sites (N-methyl/N-ethyl adjacent to an activating group) is 1. The normalized spacial score (nSPS) is 22.2. The van der Waals surface area contributed by atoms with Crippen molar-refractivity contribution in [3.63, 3.8) is 0 Å². The first-order chi connectivity index (χ1) is 12.1. The Hall–Kier alpha value is -2.95. The van der Waals surface area contributed by atoms with E-state index in [4.69, 9.17) is 0 Å². The van der Waals surface area contributed by atoms with Gasteiger partial charge in [-0.2, -0.15) is 0 Å². The predicted octanol–water partition coefficient (Wildman–Crippen LogP) is 1.90. The quantitative estimate of drug-likeness (QED) is 0.636. The number of imide groups is 1. The molecule has 0 N–H and O–H groups in total. The molecule has 0 radical (unpaired) electrons. The highest BCUT2D eigenvalue weighted by molar-refractivity contribution is 6.28. The molecule has 25 heavy (non-hydrogen) atoms. The van der Waals surface area contributed by atoms with Crippen molar-refractivity contribution in [2.75, 3.05) is 18.5 Å². The first-order valence-corrected chi connectivity index (χ1v) is 8.32. The second kappa shape index (κ2) is 5.55. The number of fused-ring (bicyclic) bond motifs is 2. The summed E-state index contributed by atoms with van der Waals surface area (Å²) in [6.07, 6.45) is 0.501. The molecule has 0 aromatic heterocycles. The van der Waals surface area contributed by atoms with E-state index in [1.807, 2.05) is 42.5 Å². The molecule has 1 atom stereocenters. The summed E-state index contributed by atoms with van der Waals surface area (Å²) in [4.78, 5) is 41.3. The third-order valence-corrected chi connectivity index (χ3v) is 5.19. The van der Waals surface area contributed by atoms with E-state index >= 15 is 0 Å². The molecule has 1 spiro atoms. The Kier molecular flexibility index (Phi) is 3.46. The van der Waals surface area contributed by atoms with Crippen molar-refractivity contribution in [3.8, 4) is 0 Å². The molecule has 5 heteroatoms. The average Bonchev–Trinajstić information content (AvgIpc) is 3.02. The fraction of sp³-hybridized carbons (Fsp3) is 0.250. The van der Waals surface area contributed by atoms with Gasteiger partial charge in [-0.25, -0.2) is 0 Å². The van der Waals surface area contributed by atoms with Crippen LogP contribution in [0, 0.1) is 0 Å². The topological polar surface area (TPSA) is 57.7 Å². The molecule has 5 nitrogen and oxygen atoms in total. The Bertz CT molecular complexity index is 878. The van der Waals surface area contributed by atoms with Crippen molar-refractivity contribution in [3.05, 3.63) is 65.7 Å². The number of nitrogens with zero attached hydrogens (tertiary/aromatic N) is 2. The molecule has 1 saturated heterocycles. The number of likely N-dealkylation sites (tertiary alicyclic amines) is 1. The minimum Gasteiger partial charge on any atom is -0.314 e. The monoisotopic (exact) mass is 334 g/mol. The summed E-state index contributed by atoms with van der Waals surface area (Å²) < 4.78 is 0. The Morgan fingerprint density at radius 2 is 1.60 bits per heavy atom. The van der Waals surface area contributed by atoms with Crippen LogP contribution in [0.3, 0.4) is 0 Å². The number of para-hydroxylation sites is 1. The molecule has 0 saturated carbocycles. The Morgan fingerprint density at radius 3 is 2.36 bits per heavy atom. The van der Waals surface area contributed by atoms with Crippen molar-refractivity contribution >= 4 is 23.4 Å². The highest BCUT2D eigenvalue weighted by Gasteiger charge is 2.62. The molecule has 2 aliphatic rings. The second-order valence-electron chi connectivity index (χ2n) is 6.55. The molecular weight excluding hydrogens is 316 g/mol. The van der Waals surface area contributed by atoms with E-state index in [0.29, 0.717) is 24.2 Å². The summed E-state index contributed by atoms with van der Waals surface area (Å²) in [6.45, 7) is 0.294. The van der Waals surface area contributed by atoms with Crippen molar-refractivity contribution in [2.24, 2.45) is 0 Å². The number of benzene rings is 2. The molecule has 2 aromatic rings. The SMILES string of the molecule is CN1C(=O)C2(CC(=O)N(CCc3ccccc3)C2=O)c2ccccc21. The lowest BCUT2D eigenvalue weighted by atomic mass is 9.80. The smallest absolute Gasteiger partial charge is 0.250 e. The highest BCUT2D eigenvalue weighted by atomic mass is 16.2. The van der Waals surface area contributed by atoms with Gasteiger partial charge in [0.25, 0.3) is 0 Å². The first-order valence-electron chi connectivity index (χ1n) is 8.32. The molecule has 126 valence electrons. The molecule has 0 bridgehead atoms. The molecule has 2 heterocycles. The van der Waals surface area contributed by atoms with E-state index in [1.54, 1.807) is 19.2 Å². The summed E-state index contributed by atoms with van der Waals surface area (Å²) in [6, 6.07) is 16.9. The third-order valence-electron chi connectivity index (χ3n) is 5.19. The minimum atomic E-state index is -1.38. The molecule has 2 aromatic carbocycles. The molecule has 1 fully saturated rings. The first kappa shape index (κ1) is 15.6. The largest absolute Gasteiger partial charge is 0.314 e. The van der Waals surface area contributed by atoms with Crippen LogP contribution in [0.4, 0.5) is 5.69 Å². The maximum absolute atomic E-state index is 13.1. The van der Waals surface area contributed by atoms with Crippen LogP contribution in [-0.4, -0.2) is 36.2 Å². The predicted molar refractivity (Wildman–Crippen MR) is 93.0 cm³/mol. The lowest BCUT2D eigenvalue weighted by molar-refractivity contribution is -0.141. The third kappa shape index (κ3) is 2.12. The van der Waals surface area contributed by atoms with Gasteiger partial charge in [0.05, 0.1) is 6.42 Å². The van der Waals surface area contributed by atoms with Gasteiger partial charge in [0.2, 0.25) is 17.7 Å². The number of rotatable bonds is 3. The average molecular weight is 334 g/mol. The number of carbonyl (C=O) groups is 3. The van der Waals surface area contributed by atoms with Gasteiger partial charge in [0.15, 0.2) is 5.41 Å². The van der Waals surface area contributed by atoms with E-state index in [0.717, 1.165) is 5.56 Å². The van der Waals surface area contributed by atoms with Crippen molar-refractivity contribution in [1.82, 2.24) is 4.90 Å². The van der Waals surface area contributed by atoms with E-state index in [9.17, 15) is 14.4 Å². The van der Waals surface area contributed by atoms with Crippen LogP contribution >= 0.6 is 0 Å². The van der Waals surface area contributed by atoms with Crippen LogP contribution in [0.5, 0.6) is 0 Å². The van der Waals surface area contributed by atoms with Gasteiger partial charge >= 0.3 is 0 Å². The van der Waals surface area contributed by atoms with Crippen molar-refractivity contribution < 1.29 is 14.4 Å². The molecule has 1 unspecified atom stereocenters. The van der Waals surface area contributed by atoms with Crippen LogP contribution in [0.1, 0.15) is 17.5 Å². The van der Waals surface area contributed by atoms with Gasteiger partial charge in [-0.15, -0.1) is 0 Å². The van der Waals surface area contributed by atoms with Crippen LogP contribution in [-0.2, 0) is 26.2 Å². The van der Waals surface area contributed by atoms with E-state index < -0.39 is 11.3 Å². The second-order valence-corrected chi connectivity index (χ2v) is 6.55. The minimum absolute atomic E-state index is 0.0825.